The average molecular weight is 311 g/mol. The number of nitrogens with two attached hydrogens (primary N) is 1. The fraction of sp³-hybridized carbons (Fsp3) is 0.688. The molecule has 0 fully saturated rings. The number of hydrogen-bond donors (Lipinski definition) is 1. The van der Waals surface area contributed by atoms with E-state index in [1.807, 2.05) is 18.7 Å². The Bertz CT molecular complexity index is 402. The van der Waals surface area contributed by atoms with E-state index in [-0.39, 0.29) is 11.9 Å². The Morgan fingerprint density at radius 2 is 2.00 bits per heavy atom. The van der Waals surface area contributed by atoms with E-state index in [0.717, 1.165) is 19.6 Å². The Kier molecular flexibility index (Phi) is 7.93. The third-order valence-electron chi connectivity index (χ3n) is 3.85. The summed E-state index contributed by atoms with van der Waals surface area (Å²) in [5.74, 6) is 0.201. The highest BCUT2D eigenvalue weighted by molar-refractivity contribution is 7.09. The van der Waals surface area contributed by atoms with Crippen molar-refractivity contribution in [3.8, 4) is 0 Å². The maximum absolute atomic E-state index is 12.4. The molecule has 0 radical (unpaired) electrons. The van der Waals surface area contributed by atoms with Crippen molar-refractivity contribution in [3.63, 3.8) is 0 Å². The van der Waals surface area contributed by atoms with E-state index in [4.69, 9.17) is 5.73 Å². The first-order valence-electron chi connectivity index (χ1n) is 7.79. The fourth-order valence-electron chi connectivity index (χ4n) is 2.56. The summed E-state index contributed by atoms with van der Waals surface area (Å²) in [7, 11) is 0. The lowest BCUT2D eigenvalue weighted by molar-refractivity contribution is -0.132. The zero-order chi connectivity index (χ0) is 15.8. The predicted octanol–water partition coefficient (Wildman–Crippen LogP) is 2.54. The summed E-state index contributed by atoms with van der Waals surface area (Å²) in [4.78, 5) is 17.9. The van der Waals surface area contributed by atoms with Crippen LogP contribution in [0.15, 0.2) is 17.5 Å². The van der Waals surface area contributed by atoms with Crippen LogP contribution in [-0.4, -0.2) is 47.4 Å². The van der Waals surface area contributed by atoms with Crippen LogP contribution in [0.1, 0.15) is 39.0 Å². The third-order valence-corrected chi connectivity index (χ3v) is 4.71. The molecule has 1 heterocycles. The van der Waals surface area contributed by atoms with Crippen molar-refractivity contribution in [1.29, 1.82) is 0 Å². The lowest BCUT2D eigenvalue weighted by Crippen LogP contribution is -2.47. The number of carbonyl (C=O) groups excluding carboxylic acids is 1. The molecule has 1 aromatic heterocycles. The molecular weight excluding hydrogens is 282 g/mol. The Labute approximate surface area is 132 Å². The summed E-state index contributed by atoms with van der Waals surface area (Å²) >= 11 is 1.75. The molecule has 0 spiro atoms. The van der Waals surface area contributed by atoms with E-state index >= 15 is 0 Å². The van der Waals surface area contributed by atoms with Gasteiger partial charge in [-0.2, -0.15) is 0 Å². The van der Waals surface area contributed by atoms with Crippen LogP contribution in [0, 0.1) is 0 Å². The van der Waals surface area contributed by atoms with Crippen molar-refractivity contribution >= 4 is 17.2 Å². The first-order chi connectivity index (χ1) is 10.0. The molecular formula is C16H29N3OS. The normalized spacial score (nSPS) is 12.9. The average Bonchev–Trinajstić information content (AvgIpc) is 2.96. The van der Waals surface area contributed by atoms with Gasteiger partial charge in [0.15, 0.2) is 0 Å². The van der Waals surface area contributed by atoms with Gasteiger partial charge in [-0.15, -0.1) is 11.3 Å². The Morgan fingerprint density at radius 3 is 2.43 bits per heavy atom. The predicted molar refractivity (Wildman–Crippen MR) is 90.4 cm³/mol. The lowest BCUT2D eigenvalue weighted by Gasteiger charge is -2.34. The van der Waals surface area contributed by atoms with Gasteiger partial charge in [0, 0.05) is 49.6 Å². The second kappa shape index (κ2) is 9.18. The largest absolute Gasteiger partial charge is 0.343 e. The van der Waals surface area contributed by atoms with Gasteiger partial charge in [-0.3, -0.25) is 9.69 Å². The van der Waals surface area contributed by atoms with E-state index in [2.05, 4.69) is 36.3 Å². The van der Waals surface area contributed by atoms with Gasteiger partial charge >= 0.3 is 0 Å². The van der Waals surface area contributed by atoms with Gasteiger partial charge in [-0.25, -0.2) is 0 Å². The maximum atomic E-state index is 12.4. The second-order valence-electron chi connectivity index (χ2n) is 5.51. The summed E-state index contributed by atoms with van der Waals surface area (Å²) in [6.45, 7) is 11.3. The number of amides is 1. The zero-order valence-electron chi connectivity index (χ0n) is 13.7. The SMILES string of the molecule is CCN(CC)C(=O)CC(CN)N(Cc1cccs1)C(C)C. The summed E-state index contributed by atoms with van der Waals surface area (Å²) in [5, 5.41) is 2.09. The molecule has 0 aliphatic carbocycles. The van der Waals surface area contributed by atoms with Gasteiger partial charge in [0.2, 0.25) is 5.91 Å². The smallest absolute Gasteiger partial charge is 0.224 e. The molecule has 1 aromatic rings. The molecule has 0 bridgehead atoms. The quantitative estimate of drug-likeness (QED) is 0.762. The Hall–Kier alpha value is -0.910. The molecule has 0 aliphatic heterocycles. The van der Waals surface area contributed by atoms with Crippen molar-refractivity contribution in [3.05, 3.63) is 22.4 Å². The molecule has 2 N–H and O–H groups in total. The Morgan fingerprint density at radius 1 is 1.33 bits per heavy atom. The molecule has 1 rings (SSSR count). The van der Waals surface area contributed by atoms with Crippen LogP contribution in [0.2, 0.25) is 0 Å². The Balaban J connectivity index is 2.75. The fourth-order valence-corrected chi connectivity index (χ4v) is 3.27. The van der Waals surface area contributed by atoms with Gasteiger partial charge in [-0.05, 0) is 39.1 Å². The number of thiophene rings is 1. The van der Waals surface area contributed by atoms with Crippen LogP contribution in [0.25, 0.3) is 0 Å². The first-order valence-corrected chi connectivity index (χ1v) is 8.67. The minimum atomic E-state index is 0.0974. The molecule has 5 heteroatoms. The minimum absolute atomic E-state index is 0.0974. The number of hydrogen-bond acceptors (Lipinski definition) is 4. The molecule has 0 aliphatic rings. The minimum Gasteiger partial charge on any atom is -0.343 e. The van der Waals surface area contributed by atoms with Crippen LogP contribution in [0.5, 0.6) is 0 Å². The van der Waals surface area contributed by atoms with Gasteiger partial charge < -0.3 is 10.6 Å². The van der Waals surface area contributed by atoms with Crippen molar-refractivity contribution in [2.45, 2.75) is 52.7 Å². The maximum Gasteiger partial charge on any atom is 0.224 e. The van der Waals surface area contributed by atoms with Crippen LogP contribution in [0.4, 0.5) is 0 Å². The highest BCUT2D eigenvalue weighted by Gasteiger charge is 2.24. The molecule has 0 aromatic carbocycles. The summed E-state index contributed by atoms with van der Waals surface area (Å²) in [6, 6.07) is 4.67. The first kappa shape index (κ1) is 18.1. The molecule has 0 saturated carbocycles. The van der Waals surface area contributed by atoms with Gasteiger partial charge in [0.25, 0.3) is 0 Å². The lowest BCUT2D eigenvalue weighted by atomic mass is 10.1. The molecule has 1 atom stereocenters. The van der Waals surface area contributed by atoms with E-state index in [1.54, 1.807) is 11.3 Å². The molecule has 1 unspecified atom stereocenters. The van der Waals surface area contributed by atoms with E-state index in [9.17, 15) is 4.79 Å². The summed E-state index contributed by atoms with van der Waals surface area (Å²) < 4.78 is 0. The summed E-state index contributed by atoms with van der Waals surface area (Å²) in [5.41, 5.74) is 5.96. The van der Waals surface area contributed by atoms with Gasteiger partial charge in [0.05, 0.1) is 0 Å². The molecule has 0 saturated heterocycles. The van der Waals surface area contributed by atoms with Crippen molar-refractivity contribution in [1.82, 2.24) is 9.80 Å². The molecule has 4 nitrogen and oxygen atoms in total. The second-order valence-corrected chi connectivity index (χ2v) is 6.54. The van der Waals surface area contributed by atoms with Gasteiger partial charge in [0.1, 0.15) is 0 Å². The third kappa shape index (κ3) is 5.41. The van der Waals surface area contributed by atoms with Crippen molar-refractivity contribution in [2.24, 2.45) is 5.73 Å². The standard InChI is InChI=1S/C16H29N3OS/c1-5-18(6-2)16(20)10-14(11-17)19(13(3)4)12-15-8-7-9-21-15/h7-9,13-14H,5-6,10-12,17H2,1-4H3. The topological polar surface area (TPSA) is 49.6 Å². The van der Waals surface area contributed by atoms with Crippen molar-refractivity contribution in [2.75, 3.05) is 19.6 Å². The van der Waals surface area contributed by atoms with Gasteiger partial charge in [-0.1, -0.05) is 6.07 Å². The zero-order valence-corrected chi connectivity index (χ0v) is 14.5. The van der Waals surface area contributed by atoms with E-state index in [1.165, 1.54) is 4.88 Å². The molecule has 120 valence electrons. The van der Waals surface area contributed by atoms with Crippen LogP contribution in [0.3, 0.4) is 0 Å². The van der Waals surface area contributed by atoms with E-state index in [0.29, 0.717) is 19.0 Å². The number of nitrogens with zero attached hydrogens (tertiary/aromatic N) is 2. The highest BCUT2D eigenvalue weighted by Crippen LogP contribution is 2.18. The van der Waals surface area contributed by atoms with Crippen LogP contribution < -0.4 is 5.73 Å². The van der Waals surface area contributed by atoms with Crippen LogP contribution >= 0.6 is 11.3 Å². The molecule has 1 amide bonds. The van der Waals surface area contributed by atoms with Crippen molar-refractivity contribution < 1.29 is 4.79 Å². The number of carbonyl (C=O) groups is 1. The molecule has 21 heavy (non-hydrogen) atoms. The monoisotopic (exact) mass is 311 g/mol. The summed E-state index contributed by atoms with van der Waals surface area (Å²) in [6.07, 6.45) is 0.502. The number of rotatable bonds is 9. The van der Waals surface area contributed by atoms with E-state index < -0.39 is 0 Å². The highest BCUT2D eigenvalue weighted by atomic mass is 32.1. The van der Waals surface area contributed by atoms with Crippen LogP contribution in [-0.2, 0) is 11.3 Å².